The van der Waals surface area contributed by atoms with Gasteiger partial charge in [0.1, 0.15) is 11.9 Å². The first kappa shape index (κ1) is 22.8. The van der Waals surface area contributed by atoms with Crippen molar-refractivity contribution in [3.63, 3.8) is 0 Å². The van der Waals surface area contributed by atoms with Crippen molar-refractivity contribution in [3.05, 3.63) is 84.4 Å². The Morgan fingerprint density at radius 2 is 1.75 bits per heavy atom. The van der Waals surface area contributed by atoms with E-state index >= 15 is 0 Å². The number of allylic oxidation sites excluding steroid dienone is 1. The summed E-state index contributed by atoms with van der Waals surface area (Å²) in [5.41, 5.74) is 2.95. The van der Waals surface area contributed by atoms with Crippen LogP contribution < -0.4 is 10.8 Å². The molecule has 0 aliphatic rings. The second-order valence-electron chi connectivity index (χ2n) is 7.50. The number of carbonyl (C=O) groups is 2. The van der Waals surface area contributed by atoms with Crippen molar-refractivity contribution in [2.45, 2.75) is 25.9 Å². The summed E-state index contributed by atoms with van der Waals surface area (Å²) in [6.45, 7) is 1.95. The van der Waals surface area contributed by atoms with E-state index in [9.17, 15) is 14.7 Å². The molecule has 0 saturated heterocycles. The predicted molar refractivity (Wildman–Crippen MR) is 122 cm³/mol. The zero-order chi connectivity index (χ0) is 22.9. The molecule has 0 heterocycles. The molecular weight excluding hydrogens is 408 g/mol. The van der Waals surface area contributed by atoms with Crippen molar-refractivity contribution in [3.8, 4) is 5.75 Å². The third-order valence-electron chi connectivity index (χ3n) is 5.17. The molecule has 0 aliphatic heterocycles. The quantitative estimate of drug-likeness (QED) is 0.218. The molecule has 32 heavy (non-hydrogen) atoms. The molecular formula is C25H26N2O5. The van der Waals surface area contributed by atoms with E-state index in [4.69, 9.17) is 9.94 Å². The van der Waals surface area contributed by atoms with E-state index in [1.165, 1.54) is 6.08 Å². The molecule has 0 fully saturated rings. The maximum Gasteiger partial charge on any atom is 0.412 e. The number of amides is 2. The van der Waals surface area contributed by atoms with Crippen LogP contribution in [0.2, 0.25) is 0 Å². The Morgan fingerprint density at radius 1 is 1.03 bits per heavy atom. The smallest absolute Gasteiger partial charge is 0.412 e. The summed E-state index contributed by atoms with van der Waals surface area (Å²) in [5, 5.41) is 22.9. The van der Waals surface area contributed by atoms with Crippen LogP contribution in [-0.2, 0) is 9.53 Å². The monoisotopic (exact) mass is 434 g/mol. The summed E-state index contributed by atoms with van der Waals surface area (Å²) < 4.78 is 5.82. The Morgan fingerprint density at radius 3 is 2.50 bits per heavy atom. The molecule has 3 aromatic rings. The molecule has 7 nitrogen and oxygen atoms in total. The van der Waals surface area contributed by atoms with Crippen molar-refractivity contribution in [2.24, 2.45) is 5.92 Å². The standard InChI is InChI=1S/C25H26N2O5/c1-17(7-2-5-12-23(29)27-31)24(19-13-15-20(28)16-14-19)32-25(30)26-22-11-6-9-18-8-3-4-10-21(18)22/h3-6,8-17,24,28,31H,2,7H2,1H3,(H,26,30)(H,27,29)/b12-5+/t17-,24+/m1/s1. The van der Waals surface area contributed by atoms with Crippen LogP contribution in [0, 0.1) is 5.92 Å². The van der Waals surface area contributed by atoms with Crippen LogP contribution in [0.3, 0.4) is 0 Å². The Bertz CT molecular complexity index is 1090. The van der Waals surface area contributed by atoms with Crippen molar-refractivity contribution in [1.29, 1.82) is 0 Å². The highest BCUT2D eigenvalue weighted by Gasteiger charge is 2.24. The summed E-state index contributed by atoms with van der Waals surface area (Å²) in [5.74, 6) is -0.559. The van der Waals surface area contributed by atoms with E-state index in [0.717, 1.165) is 16.3 Å². The minimum atomic E-state index is -0.599. The van der Waals surface area contributed by atoms with Gasteiger partial charge in [-0.15, -0.1) is 0 Å². The fourth-order valence-electron chi connectivity index (χ4n) is 3.50. The minimum Gasteiger partial charge on any atom is -0.508 e. The lowest BCUT2D eigenvalue weighted by atomic mass is 9.93. The summed E-state index contributed by atoms with van der Waals surface area (Å²) >= 11 is 0. The first-order chi connectivity index (χ1) is 15.5. The number of phenolic OH excluding ortho intramolecular Hbond substituents is 1. The highest BCUT2D eigenvalue weighted by atomic mass is 16.6. The molecule has 0 spiro atoms. The molecule has 0 bridgehead atoms. The summed E-state index contributed by atoms with van der Waals surface area (Å²) in [6.07, 6.45) is 2.93. The topological polar surface area (TPSA) is 108 Å². The third-order valence-corrected chi connectivity index (χ3v) is 5.17. The number of ether oxygens (including phenoxy) is 1. The van der Waals surface area contributed by atoms with Gasteiger partial charge in [0.2, 0.25) is 0 Å². The second-order valence-corrected chi connectivity index (χ2v) is 7.50. The number of carbonyl (C=O) groups excluding carboxylic acids is 2. The number of nitrogens with one attached hydrogen (secondary N) is 2. The lowest BCUT2D eigenvalue weighted by Crippen LogP contribution is -2.22. The van der Waals surface area contributed by atoms with Crippen molar-refractivity contribution in [1.82, 2.24) is 5.48 Å². The number of hydroxylamine groups is 1. The first-order valence-corrected chi connectivity index (χ1v) is 10.3. The van der Waals surface area contributed by atoms with Gasteiger partial charge in [0.25, 0.3) is 5.91 Å². The summed E-state index contributed by atoms with van der Waals surface area (Å²) in [4.78, 5) is 23.9. The second kappa shape index (κ2) is 11.0. The first-order valence-electron chi connectivity index (χ1n) is 10.3. The number of phenols is 1. The van der Waals surface area contributed by atoms with Crippen LogP contribution in [0.4, 0.5) is 10.5 Å². The van der Waals surface area contributed by atoms with Gasteiger partial charge in [-0.05, 0) is 47.9 Å². The normalized spacial score (nSPS) is 12.9. The number of anilines is 1. The fourth-order valence-corrected chi connectivity index (χ4v) is 3.50. The molecule has 4 N–H and O–H groups in total. The molecule has 7 heteroatoms. The molecule has 2 atom stereocenters. The Kier molecular flexibility index (Phi) is 7.83. The SMILES string of the molecule is C[C@H](CC/C=C/C(=O)NO)[C@H](OC(=O)Nc1cccc2ccccc12)c1ccc(O)cc1. The van der Waals surface area contributed by atoms with Crippen LogP contribution in [0.15, 0.2) is 78.9 Å². The summed E-state index contributed by atoms with van der Waals surface area (Å²) in [6, 6.07) is 19.9. The number of hydrogen-bond donors (Lipinski definition) is 4. The molecule has 0 unspecified atom stereocenters. The third kappa shape index (κ3) is 6.09. The average Bonchev–Trinajstić information content (AvgIpc) is 2.81. The van der Waals surface area contributed by atoms with Crippen LogP contribution >= 0.6 is 0 Å². The average molecular weight is 434 g/mol. The molecule has 0 radical (unpaired) electrons. The van der Waals surface area contributed by atoms with Crippen molar-refractivity contribution < 1.29 is 24.6 Å². The minimum absolute atomic E-state index is 0.0837. The number of aromatic hydroxyl groups is 1. The van der Waals surface area contributed by atoms with Gasteiger partial charge in [-0.1, -0.05) is 61.5 Å². The number of fused-ring (bicyclic) bond motifs is 1. The van der Waals surface area contributed by atoms with Gasteiger partial charge in [0, 0.05) is 11.5 Å². The van der Waals surface area contributed by atoms with Gasteiger partial charge in [-0.25, -0.2) is 10.3 Å². The highest BCUT2D eigenvalue weighted by Crippen LogP contribution is 2.31. The van der Waals surface area contributed by atoms with Gasteiger partial charge in [-0.2, -0.15) is 0 Å². The maximum atomic E-state index is 12.8. The van der Waals surface area contributed by atoms with E-state index < -0.39 is 18.1 Å². The van der Waals surface area contributed by atoms with Crippen LogP contribution in [0.5, 0.6) is 5.75 Å². The zero-order valence-electron chi connectivity index (χ0n) is 17.7. The molecule has 2 amide bonds. The fraction of sp³-hybridized carbons (Fsp3) is 0.200. The van der Waals surface area contributed by atoms with E-state index in [0.29, 0.717) is 18.5 Å². The Balaban J connectivity index is 1.74. The highest BCUT2D eigenvalue weighted by molar-refractivity contribution is 6.00. The zero-order valence-corrected chi connectivity index (χ0v) is 17.7. The van der Waals surface area contributed by atoms with E-state index in [1.54, 1.807) is 35.8 Å². The molecule has 0 aliphatic carbocycles. The van der Waals surface area contributed by atoms with E-state index in [-0.39, 0.29) is 11.7 Å². The van der Waals surface area contributed by atoms with E-state index in [2.05, 4.69) is 5.32 Å². The number of rotatable bonds is 8. The number of hydrogen-bond acceptors (Lipinski definition) is 5. The predicted octanol–water partition coefficient (Wildman–Crippen LogP) is 5.31. The van der Waals surface area contributed by atoms with Gasteiger partial charge in [-0.3, -0.25) is 15.3 Å². The lowest BCUT2D eigenvalue weighted by Gasteiger charge is -2.25. The Hall–Kier alpha value is -3.84. The largest absolute Gasteiger partial charge is 0.508 e. The van der Waals surface area contributed by atoms with Crippen molar-refractivity contribution in [2.75, 3.05) is 5.32 Å². The van der Waals surface area contributed by atoms with Gasteiger partial charge < -0.3 is 9.84 Å². The lowest BCUT2D eigenvalue weighted by molar-refractivity contribution is -0.124. The van der Waals surface area contributed by atoms with Crippen LogP contribution in [0.25, 0.3) is 10.8 Å². The molecule has 166 valence electrons. The molecule has 3 rings (SSSR count). The van der Waals surface area contributed by atoms with Crippen molar-refractivity contribution >= 4 is 28.5 Å². The van der Waals surface area contributed by atoms with Gasteiger partial charge in [0.05, 0.1) is 5.69 Å². The van der Waals surface area contributed by atoms with Gasteiger partial charge in [0.15, 0.2) is 0 Å². The van der Waals surface area contributed by atoms with Gasteiger partial charge >= 0.3 is 6.09 Å². The maximum absolute atomic E-state index is 12.8. The molecule has 0 aromatic heterocycles. The molecule has 3 aromatic carbocycles. The van der Waals surface area contributed by atoms with Crippen LogP contribution in [0.1, 0.15) is 31.4 Å². The van der Waals surface area contributed by atoms with Crippen LogP contribution in [-0.4, -0.2) is 22.3 Å². The summed E-state index contributed by atoms with van der Waals surface area (Å²) in [7, 11) is 0. The Labute approximate surface area is 186 Å². The molecule has 0 saturated carbocycles. The van der Waals surface area contributed by atoms with E-state index in [1.807, 2.05) is 49.4 Å². The number of benzene rings is 3.